The molecule has 1 unspecified atom stereocenters. The number of sulfonamides is 1. The first kappa shape index (κ1) is 18.0. The van der Waals surface area contributed by atoms with Gasteiger partial charge in [0.25, 0.3) is 10.0 Å². The highest BCUT2D eigenvalue weighted by molar-refractivity contribution is 7.89. The summed E-state index contributed by atoms with van der Waals surface area (Å²) in [6, 6.07) is 1.18. The van der Waals surface area contributed by atoms with Crippen molar-refractivity contribution in [2.45, 2.75) is 18.4 Å². The molecule has 0 bridgehead atoms. The molecular formula is C12H19ClN2O5S. The minimum absolute atomic E-state index is 0. The van der Waals surface area contributed by atoms with E-state index in [0.717, 1.165) is 6.26 Å². The third kappa shape index (κ3) is 3.39. The van der Waals surface area contributed by atoms with Crippen molar-refractivity contribution in [3.05, 3.63) is 17.9 Å². The molecule has 0 aliphatic carbocycles. The van der Waals surface area contributed by atoms with Gasteiger partial charge in [0.2, 0.25) is 5.09 Å². The Morgan fingerprint density at radius 3 is 2.76 bits per heavy atom. The fraction of sp³-hybridized carbons (Fsp3) is 0.583. The van der Waals surface area contributed by atoms with Crippen molar-refractivity contribution in [1.29, 1.82) is 0 Å². The van der Waals surface area contributed by atoms with Crippen LogP contribution < -0.4 is 5.73 Å². The van der Waals surface area contributed by atoms with E-state index in [1.54, 1.807) is 0 Å². The van der Waals surface area contributed by atoms with E-state index in [2.05, 4.69) is 4.74 Å². The number of ether oxygens (including phenoxy) is 1. The maximum Gasteiger partial charge on any atom is 0.341 e. The number of esters is 1. The van der Waals surface area contributed by atoms with E-state index in [-0.39, 0.29) is 28.5 Å². The summed E-state index contributed by atoms with van der Waals surface area (Å²) < 4.78 is 35.7. The molecule has 2 heterocycles. The Bertz CT molecular complexity index is 615. The molecule has 2 N–H and O–H groups in total. The standard InChI is InChI=1S/C12H18N2O5S.ClH/c1-12(7-13)3-4-14(8-12)20(16,17)10-5-9(6-19-10)11(15)18-2;/h5-6H,3-4,7-8,13H2,1-2H3;1H. The molecule has 1 aliphatic rings. The van der Waals surface area contributed by atoms with E-state index in [1.807, 2.05) is 6.92 Å². The van der Waals surface area contributed by atoms with Crippen LogP contribution in [0.5, 0.6) is 0 Å². The number of nitrogens with two attached hydrogens (primary N) is 1. The number of hydrogen-bond donors (Lipinski definition) is 1. The van der Waals surface area contributed by atoms with Crippen molar-refractivity contribution in [1.82, 2.24) is 4.31 Å². The summed E-state index contributed by atoms with van der Waals surface area (Å²) in [6.45, 7) is 3.11. The van der Waals surface area contributed by atoms with Gasteiger partial charge in [0.1, 0.15) is 6.26 Å². The topological polar surface area (TPSA) is 103 Å². The second kappa shape index (κ2) is 6.35. The van der Waals surface area contributed by atoms with Gasteiger partial charge in [-0.1, -0.05) is 6.92 Å². The molecule has 0 amide bonds. The third-order valence-corrected chi connectivity index (χ3v) is 5.32. The molecule has 0 saturated carbocycles. The lowest BCUT2D eigenvalue weighted by Crippen LogP contribution is -2.34. The van der Waals surface area contributed by atoms with Crippen molar-refractivity contribution < 1.29 is 22.4 Å². The number of rotatable bonds is 4. The molecule has 0 aromatic carbocycles. The SMILES string of the molecule is COC(=O)c1coc(S(=O)(=O)N2CCC(C)(CN)C2)c1.Cl. The molecule has 1 aromatic rings. The lowest BCUT2D eigenvalue weighted by molar-refractivity contribution is 0.0600. The highest BCUT2D eigenvalue weighted by Gasteiger charge is 2.40. The lowest BCUT2D eigenvalue weighted by atomic mass is 9.90. The van der Waals surface area contributed by atoms with Crippen LogP contribution >= 0.6 is 12.4 Å². The average molecular weight is 339 g/mol. The Morgan fingerprint density at radius 2 is 2.24 bits per heavy atom. The van der Waals surface area contributed by atoms with Crippen LogP contribution in [0.1, 0.15) is 23.7 Å². The summed E-state index contributed by atoms with van der Waals surface area (Å²) in [4.78, 5) is 11.3. The predicted octanol–water partition coefficient (Wildman–Crippen LogP) is 0.847. The quantitative estimate of drug-likeness (QED) is 0.816. The van der Waals surface area contributed by atoms with E-state index < -0.39 is 16.0 Å². The summed E-state index contributed by atoms with van der Waals surface area (Å²) in [5, 5.41) is -0.251. The molecule has 9 heteroatoms. The number of carbonyl (C=O) groups is 1. The van der Waals surface area contributed by atoms with Crippen molar-refractivity contribution >= 4 is 28.4 Å². The Hall–Kier alpha value is -1.09. The van der Waals surface area contributed by atoms with Crippen LogP contribution in [0, 0.1) is 5.41 Å². The summed E-state index contributed by atoms with van der Waals surface area (Å²) in [5.74, 6) is -0.636. The number of methoxy groups -OCH3 is 1. The fourth-order valence-electron chi connectivity index (χ4n) is 2.15. The van der Waals surface area contributed by atoms with Crippen LogP contribution in [0.25, 0.3) is 0 Å². The second-order valence-corrected chi connectivity index (χ2v) is 7.12. The van der Waals surface area contributed by atoms with Gasteiger partial charge in [0, 0.05) is 19.2 Å². The summed E-state index contributed by atoms with van der Waals surface area (Å²) in [5.41, 5.74) is 5.53. The van der Waals surface area contributed by atoms with Crippen molar-refractivity contribution in [3.8, 4) is 0 Å². The zero-order valence-corrected chi connectivity index (χ0v) is 13.5. The minimum atomic E-state index is -3.74. The smallest absolute Gasteiger partial charge is 0.341 e. The Labute approximate surface area is 129 Å². The van der Waals surface area contributed by atoms with Crippen LogP contribution in [-0.4, -0.2) is 45.4 Å². The minimum Gasteiger partial charge on any atom is -0.465 e. The zero-order chi connectivity index (χ0) is 15.0. The first-order valence-corrected chi connectivity index (χ1v) is 7.63. The Balaban J connectivity index is 0.00000220. The van der Waals surface area contributed by atoms with Crippen molar-refractivity contribution in [2.24, 2.45) is 11.1 Å². The molecule has 1 aromatic heterocycles. The predicted molar refractivity (Wildman–Crippen MR) is 77.8 cm³/mol. The number of hydrogen-bond acceptors (Lipinski definition) is 6. The van der Waals surface area contributed by atoms with E-state index in [0.29, 0.717) is 26.1 Å². The van der Waals surface area contributed by atoms with Crippen LogP contribution in [-0.2, 0) is 14.8 Å². The van der Waals surface area contributed by atoms with E-state index in [1.165, 1.54) is 17.5 Å². The van der Waals surface area contributed by atoms with Gasteiger partial charge in [-0.2, -0.15) is 4.31 Å². The number of furan rings is 1. The molecule has 0 radical (unpaired) electrons. The molecule has 1 aliphatic heterocycles. The van der Waals surface area contributed by atoms with Gasteiger partial charge in [-0.3, -0.25) is 0 Å². The highest BCUT2D eigenvalue weighted by atomic mass is 35.5. The van der Waals surface area contributed by atoms with Gasteiger partial charge in [-0.15, -0.1) is 12.4 Å². The molecule has 1 saturated heterocycles. The lowest BCUT2D eigenvalue weighted by Gasteiger charge is -2.21. The van der Waals surface area contributed by atoms with Crippen LogP contribution in [0.2, 0.25) is 0 Å². The third-order valence-electron chi connectivity index (χ3n) is 3.61. The first-order chi connectivity index (χ1) is 9.32. The van der Waals surface area contributed by atoms with Crippen LogP contribution in [0.15, 0.2) is 21.8 Å². The first-order valence-electron chi connectivity index (χ1n) is 6.19. The number of carbonyl (C=O) groups excluding carboxylic acids is 1. The molecule has 2 rings (SSSR count). The molecule has 0 spiro atoms. The Kier molecular flexibility index (Phi) is 5.43. The molecule has 1 atom stereocenters. The van der Waals surface area contributed by atoms with Crippen molar-refractivity contribution in [3.63, 3.8) is 0 Å². The monoisotopic (exact) mass is 338 g/mol. The normalized spacial score (nSPS) is 22.8. The molecular weight excluding hydrogens is 320 g/mol. The summed E-state index contributed by atoms with van der Waals surface area (Å²) in [6.07, 6.45) is 1.78. The fourth-order valence-corrected chi connectivity index (χ4v) is 3.67. The van der Waals surface area contributed by atoms with Crippen LogP contribution in [0.4, 0.5) is 0 Å². The molecule has 7 nitrogen and oxygen atoms in total. The molecule has 1 fully saturated rings. The summed E-state index contributed by atoms with van der Waals surface area (Å²) >= 11 is 0. The summed E-state index contributed by atoms with van der Waals surface area (Å²) in [7, 11) is -2.52. The van der Waals surface area contributed by atoms with E-state index >= 15 is 0 Å². The van der Waals surface area contributed by atoms with E-state index in [9.17, 15) is 13.2 Å². The maximum atomic E-state index is 12.4. The zero-order valence-electron chi connectivity index (χ0n) is 11.9. The highest BCUT2D eigenvalue weighted by Crippen LogP contribution is 2.32. The van der Waals surface area contributed by atoms with Crippen LogP contribution in [0.3, 0.4) is 0 Å². The van der Waals surface area contributed by atoms with Gasteiger partial charge in [-0.25, -0.2) is 13.2 Å². The molecule has 21 heavy (non-hydrogen) atoms. The largest absolute Gasteiger partial charge is 0.465 e. The average Bonchev–Trinajstić information content (AvgIpc) is 3.05. The maximum absolute atomic E-state index is 12.4. The Morgan fingerprint density at radius 1 is 1.57 bits per heavy atom. The van der Waals surface area contributed by atoms with E-state index in [4.69, 9.17) is 10.2 Å². The van der Waals surface area contributed by atoms with Gasteiger partial charge in [-0.05, 0) is 18.4 Å². The second-order valence-electron chi connectivity index (χ2n) is 5.25. The number of nitrogens with zero attached hydrogens (tertiary/aromatic N) is 1. The van der Waals surface area contributed by atoms with Gasteiger partial charge >= 0.3 is 5.97 Å². The van der Waals surface area contributed by atoms with Gasteiger partial charge < -0.3 is 14.9 Å². The van der Waals surface area contributed by atoms with Gasteiger partial charge in [0.15, 0.2) is 0 Å². The number of halogens is 1. The van der Waals surface area contributed by atoms with Crippen molar-refractivity contribution in [2.75, 3.05) is 26.7 Å². The molecule has 120 valence electrons. The van der Waals surface area contributed by atoms with Gasteiger partial charge in [0.05, 0.1) is 12.7 Å².